The lowest BCUT2D eigenvalue weighted by atomic mass is 10.0. The standard InChI is InChI=1S/C20H26N2O4S/c1-14(2)16-6-10-18(11-7-16)26-15(3)20(23)21-17-8-12-19(13-9-17)27(24,25)22(4)5/h6-15H,1-5H3,(H,21,23). The molecule has 1 atom stereocenters. The zero-order valence-electron chi connectivity index (χ0n) is 16.3. The van der Waals surface area contributed by atoms with Crippen molar-refractivity contribution in [1.29, 1.82) is 0 Å². The Bertz CT molecular complexity index is 873. The van der Waals surface area contributed by atoms with Gasteiger partial charge in [-0.25, -0.2) is 12.7 Å². The van der Waals surface area contributed by atoms with E-state index >= 15 is 0 Å². The third kappa shape index (κ3) is 5.30. The fourth-order valence-electron chi connectivity index (χ4n) is 2.35. The van der Waals surface area contributed by atoms with Crippen LogP contribution in [0.1, 0.15) is 32.3 Å². The predicted molar refractivity (Wildman–Crippen MR) is 107 cm³/mol. The molecule has 0 radical (unpaired) electrons. The van der Waals surface area contributed by atoms with Gasteiger partial charge in [0.05, 0.1) is 4.90 Å². The van der Waals surface area contributed by atoms with Crippen molar-refractivity contribution in [2.75, 3.05) is 19.4 Å². The maximum atomic E-state index is 12.3. The van der Waals surface area contributed by atoms with Gasteiger partial charge in [0.1, 0.15) is 5.75 Å². The second-order valence-electron chi connectivity index (χ2n) is 6.78. The zero-order valence-corrected chi connectivity index (χ0v) is 17.1. The van der Waals surface area contributed by atoms with Crippen LogP contribution < -0.4 is 10.1 Å². The van der Waals surface area contributed by atoms with Crippen LogP contribution >= 0.6 is 0 Å². The number of nitrogens with one attached hydrogen (secondary N) is 1. The summed E-state index contributed by atoms with van der Waals surface area (Å²) in [6, 6.07) is 13.7. The van der Waals surface area contributed by atoms with E-state index in [1.165, 1.54) is 31.8 Å². The second kappa shape index (κ2) is 8.54. The summed E-state index contributed by atoms with van der Waals surface area (Å²) < 4.78 is 30.9. The Morgan fingerprint density at radius 3 is 2.00 bits per heavy atom. The first-order valence-electron chi connectivity index (χ1n) is 8.71. The molecule has 2 aromatic carbocycles. The van der Waals surface area contributed by atoms with Crippen molar-refractivity contribution >= 4 is 21.6 Å². The Kier molecular flexibility index (Phi) is 6.62. The fraction of sp³-hybridized carbons (Fsp3) is 0.350. The number of anilines is 1. The van der Waals surface area contributed by atoms with Gasteiger partial charge in [0, 0.05) is 19.8 Å². The molecule has 0 heterocycles. The summed E-state index contributed by atoms with van der Waals surface area (Å²) in [6.45, 7) is 5.89. The molecule has 0 bridgehead atoms. The van der Waals surface area contributed by atoms with Crippen molar-refractivity contribution in [2.45, 2.75) is 37.7 Å². The fourth-order valence-corrected chi connectivity index (χ4v) is 3.26. The van der Waals surface area contributed by atoms with Crippen molar-refractivity contribution in [3.05, 3.63) is 54.1 Å². The van der Waals surface area contributed by atoms with E-state index in [1.54, 1.807) is 19.1 Å². The molecule has 27 heavy (non-hydrogen) atoms. The normalized spacial score (nSPS) is 12.9. The lowest BCUT2D eigenvalue weighted by Crippen LogP contribution is -2.30. The number of ether oxygens (including phenoxy) is 1. The molecule has 7 heteroatoms. The first-order valence-corrected chi connectivity index (χ1v) is 10.2. The molecule has 0 aromatic heterocycles. The molecular weight excluding hydrogens is 364 g/mol. The molecule has 0 saturated carbocycles. The van der Waals surface area contributed by atoms with Gasteiger partial charge < -0.3 is 10.1 Å². The Balaban J connectivity index is 1.99. The summed E-state index contributed by atoms with van der Waals surface area (Å²) in [5.41, 5.74) is 1.70. The highest BCUT2D eigenvalue weighted by atomic mass is 32.2. The van der Waals surface area contributed by atoms with E-state index in [0.717, 1.165) is 4.31 Å². The number of hydrogen-bond donors (Lipinski definition) is 1. The number of hydrogen-bond acceptors (Lipinski definition) is 4. The van der Waals surface area contributed by atoms with Gasteiger partial charge in [0.2, 0.25) is 10.0 Å². The third-order valence-electron chi connectivity index (χ3n) is 4.13. The molecule has 0 aliphatic carbocycles. The summed E-state index contributed by atoms with van der Waals surface area (Å²) in [4.78, 5) is 12.5. The van der Waals surface area contributed by atoms with Crippen LogP contribution in [-0.4, -0.2) is 38.8 Å². The molecule has 6 nitrogen and oxygen atoms in total. The monoisotopic (exact) mass is 390 g/mol. The van der Waals surface area contributed by atoms with Crippen LogP contribution in [0.4, 0.5) is 5.69 Å². The molecule has 146 valence electrons. The van der Waals surface area contributed by atoms with Crippen LogP contribution in [0.2, 0.25) is 0 Å². The van der Waals surface area contributed by atoms with Gasteiger partial charge in [0.15, 0.2) is 6.10 Å². The second-order valence-corrected chi connectivity index (χ2v) is 8.94. The topological polar surface area (TPSA) is 75.7 Å². The highest BCUT2D eigenvalue weighted by Gasteiger charge is 2.18. The number of nitrogens with zero attached hydrogens (tertiary/aromatic N) is 1. The number of carbonyl (C=O) groups is 1. The van der Waals surface area contributed by atoms with Gasteiger partial charge in [-0.05, 0) is 54.8 Å². The van der Waals surface area contributed by atoms with Crippen molar-refractivity contribution in [1.82, 2.24) is 4.31 Å². The van der Waals surface area contributed by atoms with E-state index < -0.39 is 16.1 Å². The molecule has 0 aliphatic heterocycles. The van der Waals surface area contributed by atoms with E-state index in [2.05, 4.69) is 19.2 Å². The molecule has 2 rings (SSSR count). The van der Waals surface area contributed by atoms with E-state index in [0.29, 0.717) is 17.4 Å². The van der Waals surface area contributed by atoms with Crippen molar-refractivity contribution < 1.29 is 17.9 Å². The summed E-state index contributed by atoms with van der Waals surface area (Å²) in [5, 5.41) is 2.73. The first kappa shape index (κ1) is 20.9. The Morgan fingerprint density at radius 2 is 1.52 bits per heavy atom. The molecule has 2 aromatic rings. The SMILES string of the molecule is CC(Oc1ccc(C(C)C)cc1)C(=O)Nc1ccc(S(=O)(=O)N(C)C)cc1. The van der Waals surface area contributed by atoms with Crippen molar-refractivity contribution in [2.24, 2.45) is 0 Å². The summed E-state index contributed by atoms with van der Waals surface area (Å²) >= 11 is 0. The molecule has 0 fully saturated rings. The van der Waals surface area contributed by atoms with E-state index in [9.17, 15) is 13.2 Å². The first-order chi connectivity index (χ1) is 12.6. The van der Waals surface area contributed by atoms with Gasteiger partial charge in [0.25, 0.3) is 5.91 Å². The lowest BCUT2D eigenvalue weighted by Gasteiger charge is -2.16. The minimum atomic E-state index is -3.49. The van der Waals surface area contributed by atoms with Gasteiger partial charge in [-0.2, -0.15) is 0 Å². The van der Waals surface area contributed by atoms with Crippen LogP contribution in [0.25, 0.3) is 0 Å². The number of carbonyl (C=O) groups excluding carboxylic acids is 1. The van der Waals surface area contributed by atoms with E-state index in [4.69, 9.17) is 4.74 Å². The number of amides is 1. The zero-order chi connectivity index (χ0) is 20.2. The van der Waals surface area contributed by atoms with Crippen LogP contribution in [0.15, 0.2) is 53.4 Å². The van der Waals surface area contributed by atoms with Crippen LogP contribution in [0.3, 0.4) is 0 Å². The number of sulfonamides is 1. The van der Waals surface area contributed by atoms with Crippen LogP contribution in [0, 0.1) is 0 Å². The number of rotatable bonds is 7. The maximum Gasteiger partial charge on any atom is 0.265 e. The molecule has 1 amide bonds. The predicted octanol–water partition coefficient (Wildman–Crippen LogP) is 3.47. The minimum Gasteiger partial charge on any atom is -0.481 e. The van der Waals surface area contributed by atoms with Gasteiger partial charge >= 0.3 is 0 Å². The summed E-state index contributed by atoms with van der Waals surface area (Å²) in [5.74, 6) is 0.736. The van der Waals surface area contributed by atoms with E-state index in [-0.39, 0.29) is 10.8 Å². The molecule has 0 aliphatic rings. The Hall–Kier alpha value is -2.38. The molecule has 1 N–H and O–H groups in total. The summed E-state index contributed by atoms with van der Waals surface area (Å²) in [6.07, 6.45) is -0.694. The van der Waals surface area contributed by atoms with Gasteiger partial charge in [-0.3, -0.25) is 4.79 Å². The largest absolute Gasteiger partial charge is 0.481 e. The van der Waals surface area contributed by atoms with Gasteiger partial charge in [-0.15, -0.1) is 0 Å². The summed E-state index contributed by atoms with van der Waals surface area (Å²) in [7, 11) is -0.553. The minimum absolute atomic E-state index is 0.167. The average molecular weight is 391 g/mol. The third-order valence-corrected chi connectivity index (χ3v) is 5.96. The smallest absolute Gasteiger partial charge is 0.265 e. The van der Waals surface area contributed by atoms with Crippen LogP contribution in [-0.2, 0) is 14.8 Å². The van der Waals surface area contributed by atoms with Gasteiger partial charge in [-0.1, -0.05) is 26.0 Å². The average Bonchev–Trinajstić information content (AvgIpc) is 2.62. The molecule has 0 spiro atoms. The van der Waals surface area contributed by atoms with Crippen LogP contribution in [0.5, 0.6) is 5.75 Å². The molecule has 1 unspecified atom stereocenters. The number of benzene rings is 2. The lowest BCUT2D eigenvalue weighted by molar-refractivity contribution is -0.122. The Labute approximate surface area is 161 Å². The van der Waals surface area contributed by atoms with E-state index in [1.807, 2.05) is 24.3 Å². The maximum absolute atomic E-state index is 12.3. The van der Waals surface area contributed by atoms with Crippen molar-refractivity contribution in [3.8, 4) is 5.75 Å². The highest BCUT2D eigenvalue weighted by molar-refractivity contribution is 7.89. The molecular formula is C20H26N2O4S. The Morgan fingerprint density at radius 1 is 0.963 bits per heavy atom. The highest BCUT2D eigenvalue weighted by Crippen LogP contribution is 2.20. The quantitative estimate of drug-likeness (QED) is 0.785. The van der Waals surface area contributed by atoms with Crippen molar-refractivity contribution in [3.63, 3.8) is 0 Å². The molecule has 0 saturated heterocycles.